The van der Waals surface area contributed by atoms with Gasteiger partial charge in [0.15, 0.2) is 5.78 Å². The van der Waals surface area contributed by atoms with Crippen molar-refractivity contribution in [3.63, 3.8) is 0 Å². The zero-order chi connectivity index (χ0) is 20.5. The number of carbonyl (C=O) groups is 2. The number of amides is 1. The largest absolute Gasteiger partial charge is 0.359 e. The highest BCUT2D eigenvalue weighted by molar-refractivity contribution is 5.98. The minimum absolute atomic E-state index is 0.0650. The predicted molar refractivity (Wildman–Crippen MR) is 110 cm³/mol. The number of likely N-dealkylation sites (N-methyl/N-ethyl adjacent to an activating group) is 1. The zero-order valence-electron chi connectivity index (χ0n) is 17.5. The van der Waals surface area contributed by atoms with E-state index in [9.17, 15) is 9.59 Å². The van der Waals surface area contributed by atoms with Crippen molar-refractivity contribution in [2.75, 3.05) is 20.6 Å². The maximum Gasteiger partial charge on any atom is 0.223 e. The van der Waals surface area contributed by atoms with Crippen molar-refractivity contribution in [3.05, 3.63) is 41.7 Å². The molecule has 1 aromatic carbocycles. The highest BCUT2D eigenvalue weighted by atomic mass is 16.2. The van der Waals surface area contributed by atoms with Crippen molar-refractivity contribution in [2.45, 2.75) is 40.3 Å². The van der Waals surface area contributed by atoms with Crippen LogP contribution < -0.4 is 5.32 Å². The summed E-state index contributed by atoms with van der Waals surface area (Å²) in [5.74, 6) is 0.266. The third-order valence-corrected chi connectivity index (χ3v) is 5.49. The van der Waals surface area contributed by atoms with E-state index in [1.54, 1.807) is 7.05 Å². The fraction of sp³-hybridized carbons (Fsp3) is 0.500. The number of rotatable bonds is 5. The highest BCUT2D eigenvalue weighted by Crippen LogP contribution is 2.32. The van der Waals surface area contributed by atoms with E-state index in [1.807, 2.05) is 51.1 Å². The molecule has 0 saturated heterocycles. The molecular weight excluding hydrogens is 352 g/mol. The maximum atomic E-state index is 13.3. The first-order valence-electron chi connectivity index (χ1n) is 9.80. The average Bonchev–Trinajstić information content (AvgIpc) is 3.03. The molecule has 1 aliphatic heterocycles. The summed E-state index contributed by atoms with van der Waals surface area (Å²) in [6.45, 7) is 8.37. The van der Waals surface area contributed by atoms with Gasteiger partial charge in [0.1, 0.15) is 11.5 Å². The normalized spacial score (nSPS) is 15.8. The van der Waals surface area contributed by atoms with Crippen molar-refractivity contribution in [1.82, 2.24) is 19.8 Å². The van der Waals surface area contributed by atoms with Gasteiger partial charge >= 0.3 is 0 Å². The second-order valence-electron chi connectivity index (χ2n) is 8.65. The summed E-state index contributed by atoms with van der Waals surface area (Å²) in [4.78, 5) is 32.6. The van der Waals surface area contributed by atoms with E-state index >= 15 is 0 Å². The van der Waals surface area contributed by atoms with Crippen LogP contribution in [0.15, 0.2) is 30.3 Å². The van der Waals surface area contributed by atoms with Gasteiger partial charge in [-0.15, -0.1) is 0 Å². The molecule has 0 spiro atoms. The average molecular weight is 383 g/mol. The molecular formula is C22H30N4O2. The Balaban J connectivity index is 2.00. The standard InChI is InChI=1S/C22H30N4O2/c1-22(2,3)16(21(28)23-4)13-18(27)19-17-14-25(5)11-12-26(17)20(24-19)15-9-7-6-8-10-15/h6-10,16H,11-14H2,1-5H3,(H,23,28)/t16-/m0/s1. The molecule has 1 atom stereocenters. The van der Waals surface area contributed by atoms with Crippen LogP contribution in [0, 0.1) is 11.3 Å². The highest BCUT2D eigenvalue weighted by Gasteiger charge is 2.35. The summed E-state index contributed by atoms with van der Waals surface area (Å²) in [6.07, 6.45) is 0.158. The van der Waals surface area contributed by atoms with Crippen molar-refractivity contribution >= 4 is 11.7 Å². The van der Waals surface area contributed by atoms with Gasteiger partial charge < -0.3 is 9.88 Å². The smallest absolute Gasteiger partial charge is 0.223 e. The summed E-state index contributed by atoms with van der Waals surface area (Å²) in [5, 5.41) is 2.70. The third kappa shape index (κ3) is 4.02. The van der Waals surface area contributed by atoms with Gasteiger partial charge in [-0.25, -0.2) is 4.98 Å². The van der Waals surface area contributed by atoms with Crippen molar-refractivity contribution in [1.29, 1.82) is 0 Å². The van der Waals surface area contributed by atoms with Crippen molar-refractivity contribution in [2.24, 2.45) is 11.3 Å². The Morgan fingerprint density at radius 2 is 1.86 bits per heavy atom. The third-order valence-electron chi connectivity index (χ3n) is 5.49. The predicted octanol–water partition coefficient (Wildman–Crippen LogP) is 2.98. The lowest BCUT2D eigenvalue weighted by Crippen LogP contribution is -2.38. The summed E-state index contributed by atoms with van der Waals surface area (Å²) in [6, 6.07) is 9.97. The first kappa shape index (κ1) is 20.3. The van der Waals surface area contributed by atoms with E-state index in [2.05, 4.69) is 21.8 Å². The molecule has 1 amide bonds. The van der Waals surface area contributed by atoms with Gasteiger partial charge in [0, 0.05) is 38.7 Å². The summed E-state index contributed by atoms with van der Waals surface area (Å²) < 4.78 is 2.16. The van der Waals surface area contributed by atoms with Crippen LogP contribution in [0.3, 0.4) is 0 Å². The van der Waals surface area contributed by atoms with E-state index in [4.69, 9.17) is 4.98 Å². The SMILES string of the molecule is CNC(=O)[C@H](CC(=O)c1nc(-c2ccccc2)n2c1CN(C)CC2)C(C)(C)C. The summed E-state index contributed by atoms with van der Waals surface area (Å²) in [7, 11) is 3.67. The Morgan fingerprint density at radius 3 is 2.46 bits per heavy atom. The fourth-order valence-electron chi connectivity index (χ4n) is 3.77. The molecule has 0 saturated carbocycles. The van der Waals surface area contributed by atoms with Crippen LogP contribution in [0.4, 0.5) is 0 Å². The minimum Gasteiger partial charge on any atom is -0.359 e. The molecule has 0 bridgehead atoms. The van der Waals surface area contributed by atoms with Crippen LogP contribution in [0.2, 0.25) is 0 Å². The van der Waals surface area contributed by atoms with E-state index < -0.39 is 5.92 Å². The summed E-state index contributed by atoms with van der Waals surface area (Å²) in [5.41, 5.74) is 2.14. The van der Waals surface area contributed by atoms with Crippen LogP contribution in [0.25, 0.3) is 11.4 Å². The number of ketones is 1. The van der Waals surface area contributed by atoms with Gasteiger partial charge in [-0.2, -0.15) is 0 Å². The molecule has 6 heteroatoms. The number of aromatic nitrogens is 2. The number of carbonyl (C=O) groups excluding carboxylic acids is 2. The Bertz CT molecular complexity index is 865. The lowest BCUT2D eigenvalue weighted by molar-refractivity contribution is -0.127. The Kier molecular flexibility index (Phi) is 5.70. The summed E-state index contributed by atoms with van der Waals surface area (Å²) >= 11 is 0. The number of Topliss-reactive ketones (excluding diaryl/α,β-unsaturated/α-hetero) is 1. The zero-order valence-corrected chi connectivity index (χ0v) is 17.5. The van der Waals surface area contributed by atoms with Crippen LogP contribution in [-0.4, -0.2) is 46.8 Å². The molecule has 1 N–H and O–H groups in total. The molecule has 0 aliphatic carbocycles. The molecule has 28 heavy (non-hydrogen) atoms. The van der Waals surface area contributed by atoms with Crippen molar-refractivity contribution < 1.29 is 9.59 Å². The van der Waals surface area contributed by atoms with Crippen LogP contribution in [-0.2, 0) is 17.9 Å². The molecule has 6 nitrogen and oxygen atoms in total. The van der Waals surface area contributed by atoms with E-state index in [1.165, 1.54) is 0 Å². The topological polar surface area (TPSA) is 67.2 Å². The van der Waals surface area contributed by atoms with Crippen LogP contribution in [0.5, 0.6) is 0 Å². The number of fused-ring (bicyclic) bond motifs is 1. The number of hydrogen-bond donors (Lipinski definition) is 1. The van der Waals surface area contributed by atoms with Crippen molar-refractivity contribution in [3.8, 4) is 11.4 Å². The lowest BCUT2D eigenvalue weighted by Gasteiger charge is -2.29. The van der Waals surface area contributed by atoms with E-state index in [0.717, 1.165) is 30.2 Å². The maximum absolute atomic E-state index is 13.3. The molecule has 3 rings (SSSR count). The quantitative estimate of drug-likeness (QED) is 0.808. The molecule has 2 aromatic rings. The molecule has 0 radical (unpaired) electrons. The number of benzene rings is 1. The molecule has 2 heterocycles. The van der Waals surface area contributed by atoms with Gasteiger partial charge in [-0.1, -0.05) is 51.1 Å². The first-order chi connectivity index (χ1) is 13.2. The van der Waals surface area contributed by atoms with Gasteiger partial charge in [0.2, 0.25) is 5.91 Å². The molecule has 0 unspecified atom stereocenters. The first-order valence-corrected chi connectivity index (χ1v) is 9.80. The lowest BCUT2D eigenvalue weighted by atomic mass is 9.77. The Morgan fingerprint density at radius 1 is 1.18 bits per heavy atom. The number of imidazole rings is 1. The monoisotopic (exact) mass is 382 g/mol. The molecule has 1 aliphatic rings. The second-order valence-corrected chi connectivity index (χ2v) is 8.65. The number of nitrogens with one attached hydrogen (secondary N) is 1. The Labute approximate surface area is 166 Å². The number of hydrogen-bond acceptors (Lipinski definition) is 4. The van der Waals surface area contributed by atoms with E-state index in [-0.39, 0.29) is 23.5 Å². The second kappa shape index (κ2) is 7.87. The number of nitrogens with zero attached hydrogens (tertiary/aromatic N) is 3. The van der Waals surface area contributed by atoms with Gasteiger partial charge in [0.25, 0.3) is 0 Å². The molecule has 0 fully saturated rings. The molecule has 1 aromatic heterocycles. The van der Waals surface area contributed by atoms with Gasteiger partial charge in [0.05, 0.1) is 11.6 Å². The minimum atomic E-state index is -0.399. The molecule has 150 valence electrons. The van der Waals surface area contributed by atoms with Gasteiger partial charge in [-0.05, 0) is 12.5 Å². The van der Waals surface area contributed by atoms with Gasteiger partial charge in [-0.3, -0.25) is 14.5 Å². The fourth-order valence-corrected chi connectivity index (χ4v) is 3.77. The van der Waals surface area contributed by atoms with E-state index in [0.29, 0.717) is 12.2 Å². The van der Waals surface area contributed by atoms with Crippen LogP contribution in [0.1, 0.15) is 43.4 Å². The Hall–Kier alpha value is -2.47. The van der Waals surface area contributed by atoms with Crippen LogP contribution >= 0.6 is 0 Å².